The van der Waals surface area contributed by atoms with Crippen molar-refractivity contribution in [3.8, 4) is 0 Å². The van der Waals surface area contributed by atoms with Gasteiger partial charge in [0.2, 0.25) is 0 Å². The molecule has 0 spiro atoms. The number of hydrogen-bond acceptors (Lipinski definition) is 2. The fourth-order valence-electron chi connectivity index (χ4n) is 2.55. The summed E-state index contributed by atoms with van der Waals surface area (Å²) in [5.41, 5.74) is 10.2. The lowest BCUT2D eigenvalue weighted by atomic mass is 9.90. The Balaban J connectivity index is 2.93. The molecule has 0 fully saturated rings. The third-order valence-electron chi connectivity index (χ3n) is 3.61. The van der Waals surface area contributed by atoms with Crippen LogP contribution in [0.4, 0.5) is 0 Å². The lowest BCUT2D eigenvalue weighted by Crippen LogP contribution is -2.32. The van der Waals surface area contributed by atoms with Gasteiger partial charge in [-0.1, -0.05) is 32.0 Å². The van der Waals surface area contributed by atoms with Gasteiger partial charge in [0.05, 0.1) is 0 Å². The number of aryl methyl sites for hydroxylation is 2. The van der Waals surface area contributed by atoms with Crippen LogP contribution in [0.15, 0.2) is 18.2 Å². The van der Waals surface area contributed by atoms with Gasteiger partial charge in [-0.2, -0.15) is 0 Å². The summed E-state index contributed by atoms with van der Waals surface area (Å²) in [6, 6.07) is 6.50. The molecule has 96 valence electrons. The number of rotatable bonds is 6. The van der Waals surface area contributed by atoms with E-state index < -0.39 is 0 Å². The normalized spacial score (nSPS) is 13.1. The number of likely N-dealkylation sites (N-methyl/N-ethyl adjacent to an activating group) is 1. The topological polar surface area (TPSA) is 29.3 Å². The largest absolute Gasteiger partial charge is 0.330 e. The van der Waals surface area contributed by atoms with Gasteiger partial charge in [0.25, 0.3) is 0 Å². The van der Waals surface area contributed by atoms with Crippen molar-refractivity contribution in [1.82, 2.24) is 4.90 Å². The molecule has 0 radical (unpaired) electrons. The second-order valence-corrected chi connectivity index (χ2v) is 4.72. The molecule has 1 atom stereocenters. The SMILES string of the molecule is CCN(CC)CC(CN)c1c(C)cccc1C. The first-order valence-electron chi connectivity index (χ1n) is 6.62. The van der Waals surface area contributed by atoms with E-state index in [9.17, 15) is 0 Å². The van der Waals surface area contributed by atoms with E-state index in [1.54, 1.807) is 0 Å². The summed E-state index contributed by atoms with van der Waals surface area (Å²) in [5.74, 6) is 0.455. The highest BCUT2D eigenvalue weighted by molar-refractivity contribution is 5.37. The molecule has 0 bridgehead atoms. The Morgan fingerprint density at radius 1 is 1.12 bits per heavy atom. The summed E-state index contributed by atoms with van der Waals surface area (Å²) in [7, 11) is 0. The van der Waals surface area contributed by atoms with E-state index in [-0.39, 0.29) is 0 Å². The summed E-state index contributed by atoms with van der Waals surface area (Å²) in [4.78, 5) is 2.45. The van der Waals surface area contributed by atoms with Crippen molar-refractivity contribution in [2.24, 2.45) is 5.73 Å². The lowest BCUT2D eigenvalue weighted by molar-refractivity contribution is 0.284. The molecule has 1 unspecified atom stereocenters. The lowest BCUT2D eigenvalue weighted by Gasteiger charge is -2.27. The zero-order chi connectivity index (χ0) is 12.8. The fourth-order valence-corrected chi connectivity index (χ4v) is 2.55. The first-order valence-corrected chi connectivity index (χ1v) is 6.62. The van der Waals surface area contributed by atoms with E-state index in [0.717, 1.165) is 26.2 Å². The van der Waals surface area contributed by atoms with Crippen molar-refractivity contribution in [2.45, 2.75) is 33.6 Å². The van der Waals surface area contributed by atoms with Crippen molar-refractivity contribution < 1.29 is 0 Å². The Morgan fingerprint density at radius 3 is 2.06 bits per heavy atom. The zero-order valence-corrected chi connectivity index (χ0v) is 11.7. The van der Waals surface area contributed by atoms with Gasteiger partial charge in [-0.15, -0.1) is 0 Å². The Hall–Kier alpha value is -0.860. The fraction of sp³-hybridized carbons (Fsp3) is 0.600. The molecule has 0 amide bonds. The van der Waals surface area contributed by atoms with Gasteiger partial charge in [-0.3, -0.25) is 0 Å². The molecule has 2 nitrogen and oxygen atoms in total. The molecule has 0 heterocycles. The molecule has 2 heteroatoms. The summed E-state index contributed by atoms with van der Waals surface area (Å²) in [6.07, 6.45) is 0. The molecule has 2 N–H and O–H groups in total. The second-order valence-electron chi connectivity index (χ2n) is 4.72. The van der Waals surface area contributed by atoms with Gasteiger partial charge in [-0.25, -0.2) is 0 Å². The molecule has 1 aromatic carbocycles. The molecule has 17 heavy (non-hydrogen) atoms. The minimum absolute atomic E-state index is 0.455. The standard InChI is InChI=1S/C15H26N2/c1-5-17(6-2)11-14(10-16)15-12(3)8-7-9-13(15)4/h7-9,14H,5-6,10-11,16H2,1-4H3. The molecule has 0 aliphatic heterocycles. The molecular weight excluding hydrogens is 208 g/mol. The molecule has 0 saturated carbocycles. The van der Waals surface area contributed by atoms with E-state index in [2.05, 4.69) is 50.8 Å². The van der Waals surface area contributed by atoms with Crippen molar-refractivity contribution in [3.63, 3.8) is 0 Å². The van der Waals surface area contributed by atoms with Crippen molar-refractivity contribution in [1.29, 1.82) is 0 Å². The highest BCUT2D eigenvalue weighted by Crippen LogP contribution is 2.23. The van der Waals surface area contributed by atoms with Crippen LogP contribution in [-0.2, 0) is 0 Å². The molecule has 1 aromatic rings. The smallest absolute Gasteiger partial charge is 0.00940 e. The van der Waals surface area contributed by atoms with Crippen LogP contribution in [0.5, 0.6) is 0 Å². The molecular formula is C15H26N2. The Bertz CT molecular complexity index is 323. The van der Waals surface area contributed by atoms with Crippen LogP contribution in [0, 0.1) is 13.8 Å². The van der Waals surface area contributed by atoms with Crippen molar-refractivity contribution in [3.05, 3.63) is 34.9 Å². The van der Waals surface area contributed by atoms with E-state index >= 15 is 0 Å². The minimum atomic E-state index is 0.455. The average molecular weight is 234 g/mol. The minimum Gasteiger partial charge on any atom is -0.330 e. The average Bonchev–Trinajstić information content (AvgIpc) is 2.33. The van der Waals surface area contributed by atoms with Gasteiger partial charge in [-0.05, 0) is 43.6 Å². The zero-order valence-electron chi connectivity index (χ0n) is 11.7. The predicted octanol–water partition coefficient (Wildman–Crippen LogP) is 2.69. The van der Waals surface area contributed by atoms with Crippen molar-refractivity contribution >= 4 is 0 Å². The molecule has 0 aliphatic carbocycles. The van der Waals surface area contributed by atoms with Crippen molar-refractivity contribution in [2.75, 3.05) is 26.2 Å². The first kappa shape index (κ1) is 14.2. The maximum Gasteiger partial charge on any atom is 0.00940 e. The van der Waals surface area contributed by atoms with Crippen LogP contribution in [0.25, 0.3) is 0 Å². The van der Waals surface area contributed by atoms with Crippen LogP contribution in [-0.4, -0.2) is 31.1 Å². The summed E-state index contributed by atoms with van der Waals surface area (Å²) in [5, 5.41) is 0. The number of nitrogens with two attached hydrogens (primary N) is 1. The number of nitrogens with zero attached hydrogens (tertiary/aromatic N) is 1. The van der Waals surface area contributed by atoms with Gasteiger partial charge >= 0.3 is 0 Å². The maximum atomic E-state index is 5.97. The molecule has 0 aromatic heterocycles. The third kappa shape index (κ3) is 3.55. The highest BCUT2D eigenvalue weighted by atomic mass is 15.1. The summed E-state index contributed by atoms with van der Waals surface area (Å²) in [6.45, 7) is 12.8. The number of hydrogen-bond donors (Lipinski definition) is 1. The van der Waals surface area contributed by atoms with Crippen LogP contribution in [0.2, 0.25) is 0 Å². The summed E-state index contributed by atoms with van der Waals surface area (Å²) < 4.78 is 0. The van der Waals surface area contributed by atoms with E-state index in [1.165, 1.54) is 16.7 Å². The van der Waals surface area contributed by atoms with Gasteiger partial charge in [0.15, 0.2) is 0 Å². The van der Waals surface area contributed by atoms with E-state index in [0.29, 0.717) is 5.92 Å². The van der Waals surface area contributed by atoms with Crippen LogP contribution in [0.1, 0.15) is 36.5 Å². The highest BCUT2D eigenvalue weighted by Gasteiger charge is 2.16. The maximum absolute atomic E-state index is 5.97. The van der Waals surface area contributed by atoms with Gasteiger partial charge < -0.3 is 10.6 Å². The van der Waals surface area contributed by atoms with Crippen LogP contribution in [0.3, 0.4) is 0 Å². The number of benzene rings is 1. The molecule has 0 aliphatic rings. The van der Waals surface area contributed by atoms with E-state index in [4.69, 9.17) is 5.73 Å². The van der Waals surface area contributed by atoms with E-state index in [1.807, 2.05) is 0 Å². The van der Waals surface area contributed by atoms with Gasteiger partial charge in [0, 0.05) is 19.0 Å². The Morgan fingerprint density at radius 2 is 1.65 bits per heavy atom. The Kier molecular flexibility index (Phi) is 5.66. The quantitative estimate of drug-likeness (QED) is 0.820. The summed E-state index contributed by atoms with van der Waals surface area (Å²) >= 11 is 0. The molecule has 0 saturated heterocycles. The third-order valence-corrected chi connectivity index (χ3v) is 3.61. The molecule has 1 rings (SSSR count). The monoisotopic (exact) mass is 234 g/mol. The second kappa shape index (κ2) is 6.77. The van der Waals surface area contributed by atoms with Crippen LogP contribution >= 0.6 is 0 Å². The predicted molar refractivity (Wildman–Crippen MR) is 75.5 cm³/mol. The Labute approximate surface area is 106 Å². The first-order chi connectivity index (χ1) is 8.13. The van der Waals surface area contributed by atoms with Crippen LogP contribution < -0.4 is 5.73 Å². The van der Waals surface area contributed by atoms with Gasteiger partial charge in [0.1, 0.15) is 0 Å².